The van der Waals surface area contributed by atoms with Crippen LogP contribution in [0.1, 0.15) is 64.7 Å². The molecule has 5 aliphatic rings. The lowest BCUT2D eigenvalue weighted by molar-refractivity contribution is -0.232. The quantitative estimate of drug-likeness (QED) is 0.0456. The lowest BCUT2D eigenvalue weighted by atomic mass is 9.52. The standard InChI is InChI=1S/C35H58O12/c1-23(10-7-16-41-3)20-47-35(39)31-27-14-13-26(30(31)32(36)42-17-6-4-5-15-40-2)28(33(37)43-18-8-11-24-21-45-24)29(27)34(38)44-19-9-12-25-22-46-25/h13-14,23-32,34,36,38H,4-12,15-22H2,1-3H3/t23-,24?,25?,26?,27?,28?,29?,30?,31?,32?,34?/m1/s1. The minimum absolute atomic E-state index is 0.112. The van der Waals surface area contributed by atoms with Gasteiger partial charge in [0, 0.05) is 52.5 Å². The van der Waals surface area contributed by atoms with Crippen molar-refractivity contribution in [3.05, 3.63) is 12.2 Å². The van der Waals surface area contributed by atoms with Crippen molar-refractivity contribution in [1.29, 1.82) is 0 Å². The van der Waals surface area contributed by atoms with Gasteiger partial charge in [-0.2, -0.15) is 0 Å². The van der Waals surface area contributed by atoms with Crippen molar-refractivity contribution in [2.45, 2.75) is 89.5 Å². The predicted octanol–water partition coefficient (Wildman–Crippen LogP) is 3.26. The molecule has 12 nitrogen and oxygen atoms in total. The molecule has 3 aliphatic carbocycles. The number of methoxy groups -OCH3 is 2. The molecule has 5 rings (SSSR count). The number of aliphatic hydroxyl groups is 2. The number of rotatable bonds is 26. The molecule has 2 N–H and O–H groups in total. The van der Waals surface area contributed by atoms with E-state index in [1.165, 1.54) is 0 Å². The molecule has 2 aliphatic heterocycles. The van der Waals surface area contributed by atoms with Gasteiger partial charge in [-0.3, -0.25) is 9.59 Å². The fourth-order valence-corrected chi connectivity index (χ4v) is 7.08. The number of ether oxygens (including phenoxy) is 8. The second-order valence-electron chi connectivity index (χ2n) is 13.6. The zero-order valence-electron chi connectivity index (χ0n) is 28.5. The Balaban J connectivity index is 1.50. The van der Waals surface area contributed by atoms with Crippen LogP contribution in [0.25, 0.3) is 0 Å². The van der Waals surface area contributed by atoms with Crippen LogP contribution in [0, 0.1) is 41.4 Å². The van der Waals surface area contributed by atoms with E-state index in [2.05, 4.69) is 0 Å². The van der Waals surface area contributed by atoms with E-state index in [-0.39, 0.29) is 37.9 Å². The number of hydrogen-bond acceptors (Lipinski definition) is 12. The Bertz CT molecular complexity index is 953. The first-order chi connectivity index (χ1) is 22.8. The molecule has 3 fully saturated rings. The predicted molar refractivity (Wildman–Crippen MR) is 170 cm³/mol. The maximum atomic E-state index is 13.9. The summed E-state index contributed by atoms with van der Waals surface area (Å²) in [6, 6.07) is 0. The van der Waals surface area contributed by atoms with Gasteiger partial charge in [-0.05, 0) is 75.5 Å². The zero-order valence-corrected chi connectivity index (χ0v) is 28.5. The summed E-state index contributed by atoms with van der Waals surface area (Å²) in [5, 5.41) is 23.0. The van der Waals surface area contributed by atoms with Crippen molar-refractivity contribution in [1.82, 2.24) is 0 Å². The summed E-state index contributed by atoms with van der Waals surface area (Å²) in [4.78, 5) is 27.7. The Hall–Kier alpha value is -1.64. The maximum absolute atomic E-state index is 13.9. The third kappa shape index (κ3) is 12.0. The van der Waals surface area contributed by atoms with Crippen LogP contribution in [0.3, 0.4) is 0 Å². The van der Waals surface area contributed by atoms with Gasteiger partial charge in [-0.15, -0.1) is 0 Å². The molecule has 0 amide bonds. The van der Waals surface area contributed by atoms with Crippen LogP contribution in [-0.2, 0) is 47.5 Å². The highest BCUT2D eigenvalue weighted by atomic mass is 16.6. The molecular weight excluding hydrogens is 612 g/mol. The van der Waals surface area contributed by atoms with Crippen LogP contribution in [0.5, 0.6) is 0 Å². The van der Waals surface area contributed by atoms with Gasteiger partial charge in [0.25, 0.3) is 0 Å². The number of hydrogen-bond donors (Lipinski definition) is 2. The van der Waals surface area contributed by atoms with E-state index >= 15 is 0 Å². The van der Waals surface area contributed by atoms with Crippen LogP contribution in [0.4, 0.5) is 0 Å². The molecule has 0 aromatic heterocycles. The Labute approximate surface area is 279 Å². The largest absolute Gasteiger partial charge is 0.465 e. The van der Waals surface area contributed by atoms with Gasteiger partial charge in [0.1, 0.15) is 0 Å². The van der Waals surface area contributed by atoms with E-state index in [4.69, 9.17) is 37.9 Å². The lowest BCUT2D eigenvalue weighted by Crippen LogP contribution is -2.60. The second kappa shape index (κ2) is 20.1. The van der Waals surface area contributed by atoms with Crippen LogP contribution in [0.2, 0.25) is 0 Å². The van der Waals surface area contributed by atoms with E-state index in [9.17, 15) is 19.8 Å². The number of carbonyl (C=O) groups excluding carboxylic acids is 2. The summed E-state index contributed by atoms with van der Waals surface area (Å²) in [6.07, 6.45) is 8.68. The highest BCUT2D eigenvalue weighted by Crippen LogP contribution is 2.54. The van der Waals surface area contributed by atoms with Crippen molar-refractivity contribution in [3.8, 4) is 0 Å². The first-order valence-electron chi connectivity index (χ1n) is 17.7. The fraction of sp³-hybridized carbons (Fsp3) is 0.886. The molecule has 0 radical (unpaired) electrons. The molecular formula is C35H58O12. The normalized spacial score (nSPS) is 30.9. The molecule has 0 aromatic carbocycles. The summed E-state index contributed by atoms with van der Waals surface area (Å²) < 4.78 is 44.3. The van der Waals surface area contributed by atoms with E-state index < -0.39 is 60.0 Å². The van der Waals surface area contributed by atoms with Crippen LogP contribution in [0.15, 0.2) is 12.2 Å². The van der Waals surface area contributed by atoms with Crippen molar-refractivity contribution in [2.24, 2.45) is 41.4 Å². The highest BCUT2D eigenvalue weighted by Gasteiger charge is 2.61. The summed E-state index contributed by atoms with van der Waals surface area (Å²) >= 11 is 0. The molecule has 47 heavy (non-hydrogen) atoms. The van der Waals surface area contributed by atoms with Crippen molar-refractivity contribution in [3.63, 3.8) is 0 Å². The Morgan fingerprint density at radius 3 is 1.74 bits per heavy atom. The third-order valence-corrected chi connectivity index (χ3v) is 9.82. The average molecular weight is 671 g/mol. The summed E-state index contributed by atoms with van der Waals surface area (Å²) in [5.41, 5.74) is 0. The van der Waals surface area contributed by atoms with Gasteiger partial charge in [-0.25, -0.2) is 0 Å². The van der Waals surface area contributed by atoms with Gasteiger partial charge in [0.2, 0.25) is 0 Å². The Kier molecular flexibility index (Phi) is 16.4. The minimum atomic E-state index is -1.33. The van der Waals surface area contributed by atoms with Gasteiger partial charge < -0.3 is 48.1 Å². The summed E-state index contributed by atoms with van der Waals surface area (Å²) in [5.74, 6) is -5.34. The van der Waals surface area contributed by atoms with E-state index in [1.54, 1.807) is 14.2 Å². The summed E-state index contributed by atoms with van der Waals surface area (Å²) in [6.45, 7) is 5.79. The molecule has 270 valence electrons. The smallest absolute Gasteiger partial charge is 0.310 e. The topological polar surface area (TPSA) is 155 Å². The Morgan fingerprint density at radius 1 is 0.702 bits per heavy atom. The van der Waals surface area contributed by atoms with Gasteiger partial charge in [0.05, 0.1) is 50.5 Å². The van der Waals surface area contributed by atoms with Crippen LogP contribution in [-0.4, -0.2) is 114 Å². The number of allylic oxidation sites excluding steroid dienone is 2. The SMILES string of the molecule is COCCCCCOC(O)C1C2C=CC(C1C(=O)OC[C@H](C)CCCOC)C(C(O)OCCCC1CO1)C2C(=O)OCCCC1CO1. The van der Waals surface area contributed by atoms with Gasteiger partial charge in [0.15, 0.2) is 12.6 Å². The van der Waals surface area contributed by atoms with Gasteiger partial charge >= 0.3 is 11.9 Å². The van der Waals surface area contributed by atoms with Crippen LogP contribution >= 0.6 is 0 Å². The second-order valence-corrected chi connectivity index (χ2v) is 13.6. The molecule has 11 atom stereocenters. The molecule has 2 bridgehead atoms. The monoisotopic (exact) mass is 670 g/mol. The first kappa shape index (κ1) is 38.2. The lowest BCUT2D eigenvalue weighted by Gasteiger charge is -2.53. The number of esters is 2. The fourth-order valence-electron chi connectivity index (χ4n) is 7.08. The minimum Gasteiger partial charge on any atom is -0.465 e. The van der Waals surface area contributed by atoms with E-state index in [1.807, 2.05) is 19.1 Å². The molecule has 12 heteroatoms. The third-order valence-electron chi connectivity index (χ3n) is 9.82. The van der Waals surface area contributed by atoms with E-state index in [0.717, 1.165) is 51.7 Å². The van der Waals surface area contributed by atoms with Gasteiger partial charge in [-0.1, -0.05) is 19.1 Å². The number of unbranched alkanes of at least 4 members (excludes halogenated alkanes) is 2. The molecule has 10 unspecified atom stereocenters. The van der Waals surface area contributed by atoms with Crippen molar-refractivity contribution in [2.75, 3.05) is 67.1 Å². The molecule has 1 saturated carbocycles. The molecule has 2 saturated heterocycles. The number of fused-ring (bicyclic) bond motifs is 2. The van der Waals surface area contributed by atoms with Crippen LogP contribution < -0.4 is 0 Å². The zero-order chi connectivity index (χ0) is 33.6. The van der Waals surface area contributed by atoms with E-state index in [0.29, 0.717) is 39.1 Å². The number of epoxide rings is 2. The first-order valence-corrected chi connectivity index (χ1v) is 17.7. The Morgan fingerprint density at radius 2 is 1.19 bits per heavy atom. The van der Waals surface area contributed by atoms with Crippen molar-refractivity contribution < 1.29 is 57.7 Å². The molecule has 0 aromatic rings. The molecule has 0 spiro atoms. The number of aliphatic hydroxyl groups excluding tert-OH is 2. The number of carbonyl (C=O) groups is 2. The van der Waals surface area contributed by atoms with Crippen molar-refractivity contribution >= 4 is 11.9 Å². The summed E-state index contributed by atoms with van der Waals surface area (Å²) in [7, 11) is 3.32. The highest BCUT2D eigenvalue weighted by molar-refractivity contribution is 5.78. The molecule has 2 heterocycles. The maximum Gasteiger partial charge on any atom is 0.310 e. The average Bonchev–Trinajstić information content (AvgIpc) is 4.01.